The Morgan fingerprint density at radius 2 is 1.81 bits per heavy atom. The molecule has 0 spiro atoms. The highest BCUT2D eigenvalue weighted by molar-refractivity contribution is 7.98. The molecule has 2 aromatic carbocycles. The Morgan fingerprint density at radius 1 is 1.15 bits per heavy atom. The first kappa shape index (κ1) is 20.3. The van der Waals surface area contributed by atoms with Crippen LogP contribution in [0, 0.1) is 12.7 Å². The molecule has 27 heavy (non-hydrogen) atoms. The third-order valence-corrected chi connectivity index (χ3v) is 7.10. The second-order valence-electron chi connectivity index (χ2n) is 7.65. The van der Waals surface area contributed by atoms with Crippen molar-refractivity contribution in [3.8, 4) is 0 Å². The SMILES string of the molecule is Cc1cc2cc([C@@H](C)N[S@@+]([O-])C(C)(C)C)cc(F)c2n1Sc1ccccc1. The maximum Gasteiger partial charge on any atom is 0.148 e. The molecular formula is C21H25FN2OS2. The van der Waals surface area contributed by atoms with Gasteiger partial charge in [-0.15, -0.1) is 4.72 Å². The molecule has 1 aromatic heterocycles. The van der Waals surface area contributed by atoms with Gasteiger partial charge in [0.1, 0.15) is 10.6 Å². The Balaban J connectivity index is 1.94. The van der Waals surface area contributed by atoms with Gasteiger partial charge in [0.15, 0.2) is 0 Å². The fourth-order valence-electron chi connectivity index (χ4n) is 2.79. The summed E-state index contributed by atoms with van der Waals surface area (Å²) in [6, 6.07) is 15.2. The third kappa shape index (κ3) is 4.51. The second-order valence-corrected chi connectivity index (χ2v) is 10.7. The first-order valence-corrected chi connectivity index (χ1v) is 10.8. The van der Waals surface area contributed by atoms with E-state index in [-0.39, 0.29) is 16.6 Å². The summed E-state index contributed by atoms with van der Waals surface area (Å²) >= 11 is 0.289. The van der Waals surface area contributed by atoms with E-state index in [9.17, 15) is 4.55 Å². The minimum Gasteiger partial charge on any atom is -0.598 e. The maximum atomic E-state index is 15.0. The third-order valence-electron chi connectivity index (χ3n) is 4.28. The van der Waals surface area contributed by atoms with E-state index in [1.165, 1.54) is 11.9 Å². The van der Waals surface area contributed by atoms with Gasteiger partial charge in [-0.3, -0.25) is 3.97 Å². The van der Waals surface area contributed by atoms with Crippen LogP contribution in [-0.2, 0) is 11.4 Å². The maximum absolute atomic E-state index is 15.0. The van der Waals surface area contributed by atoms with Crippen molar-refractivity contribution in [2.24, 2.45) is 0 Å². The van der Waals surface area contributed by atoms with Crippen LogP contribution in [0.4, 0.5) is 4.39 Å². The van der Waals surface area contributed by atoms with Gasteiger partial charge in [-0.2, -0.15) is 0 Å². The van der Waals surface area contributed by atoms with E-state index in [2.05, 4.69) is 4.72 Å². The molecule has 0 saturated heterocycles. The number of benzene rings is 2. The lowest BCUT2D eigenvalue weighted by Crippen LogP contribution is -2.40. The Kier molecular flexibility index (Phi) is 5.91. The van der Waals surface area contributed by atoms with Crippen LogP contribution in [0.2, 0.25) is 0 Å². The van der Waals surface area contributed by atoms with E-state index in [0.29, 0.717) is 5.52 Å². The first-order chi connectivity index (χ1) is 12.7. The molecule has 0 bridgehead atoms. The van der Waals surface area contributed by atoms with E-state index in [1.807, 2.05) is 81.1 Å². The molecule has 0 aliphatic rings. The number of nitrogens with one attached hydrogen (secondary N) is 1. The second kappa shape index (κ2) is 7.87. The molecule has 3 aromatic rings. The van der Waals surface area contributed by atoms with E-state index in [0.717, 1.165) is 21.5 Å². The number of hydrogen-bond donors (Lipinski definition) is 1. The Labute approximate surface area is 167 Å². The first-order valence-electron chi connectivity index (χ1n) is 8.90. The van der Waals surface area contributed by atoms with Crippen LogP contribution in [0.3, 0.4) is 0 Å². The minimum atomic E-state index is -1.22. The zero-order valence-corrected chi connectivity index (χ0v) is 17.9. The number of rotatable bonds is 5. The van der Waals surface area contributed by atoms with Crippen molar-refractivity contribution < 1.29 is 8.94 Å². The highest BCUT2D eigenvalue weighted by Gasteiger charge is 2.28. The Morgan fingerprint density at radius 3 is 2.44 bits per heavy atom. The van der Waals surface area contributed by atoms with Gasteiger partial charge >= 0.3 is 0 Å². The molecule has 0 aliphatic carbocycles. The molecule has 2 atom stereocenters. The largest absolute Gasteiger partial charge is 0.598 e. The summed E-state index contributed by atoms with van der Waals surface area (Å²) in [6.07, 6.45) is 0. The van der Waals surface area contributed by atoms with Crippen LogP contribution in [-0.4, -0.2) is 13.3 Å². The zero-order chi connectivity index (χ0) is 19.8. The summed E-state index contributed by atoms with van der Waals surface area (Å²) in [5, 5.41) is 0.848. The molecule has 1 heterocycles. The number of nitrogens with zero attached hydrogens (tertiary/aromatic N) is 1. The highest BCUT2D eigenvalue weighted by Crippen LogP contribution is 2.33. The lowest BCUT2D eigenvalue weighted by atomic mass is 10.1. The minimum absolute atomic E-state index is 0.214. The van der Waals surface area contributed by atoms with Gasteiger partial charge in [0.2, 0.25) is 0 Å². The summed E-state index contributed by atoms with van der Waals surface area (Å²) in [4.78, 5) is 1.05. The van der Waals surface area contributed by atoms with Crippen molar-refractivity contribution in [3.05, 3.63) is 65.6 Å². The predicted molar refractivity (Wildman–Crippen MR) is 114 cm³/mol. The molecule has 0 aliphatic heterocycles. The molecule has 3 nitrogen and oxygen atoms in total. The van der Waals surface area contributed by atoms with Crippen LogP contribution < -0.4 is 4.72 Å². The van der Waals surface area contributed by atoms with Crippen molar-refractivity contribution in [2.45, 2.75) is 50.3 Å². The molecule has 1 N–H and O–H groups in total. The summed E-state index contributed by atoms with van der Waals surface area (Å²) in [6.45, 7) is 9.63. The Hall–Kier alpha value is -1.47. The highest BCUT2D eigenvalue weighted by atomic mass is 32.2. The molecule has 0 unspecified atom stereocenters. The van der Waals surface area contributed by atoms with E-state index >= 15 is 4.39 Å². The van der Waals surface area contributed by atoms with Gasteiger partial charge in [0.25, 0.3) is 0 Å². The van der Waals surface area contributed by atoms with Gasteiger partial charge in [-0.05, 0) is 82.5 Å². The lowest BCUT2D eigenvalue weighted by molar-refractivity contribution is 0.530. The monoisotopic (exact) mass is 404 g/mol. The van der Waals surface area contributed by atoms with Crippen molar-refractivity contribution in [2.75, 3.05) is 0 Å². The molecule has 6 heteroatoms. The van der Waals surface area contributed by atoms with Crippen LogP contribution >= 0.6 is 11.9 Å². The number of halogens is 1. The van der Waals surface area contributed by atoms with Gasteiger partial charge in [-0.1, -0.05) is 18.2 Å². The summed E-state index contributed by atoms with van der Waals surface area (Å²) < 4.78 is 32.0. The summed E-state index contributed by atoms with van der Waals surface area (Å²) in [5.41, 5.74) is 2.35. The zero-order valence-electron chi connectivity index (χ0n) is 16.2. The standard InChI is InChI=1S/C21H25FN2OS2/c1-14-11-17-12-16(15(2)23-27(25)21(3,4)5)13-19(22)20(17)24(14)26-18-9-7-6-8-10-18/h6-13,15,23H,1-5H3/t15-,27+/m1/s1. The average Bonchev–Trinajstić information content (AvgIpc) is 2.91. The number of aryl methyl sites for hydroxylation is 1. The summed E-state index contributed by atoms with van der Waals surface area (Å²) in [5.74, 6) is -0.269. The lowest BCUT2D eigenvalue weighted by Gasteiger charge is -2.26. The van der Waals surface area contributed by atoms with E-state index in [1.54, 1.807) is 6.07 Å². The molecular weight excluding hydrogens is 379 g/mol. The molecule has 0 saturated carbocycles. The van der Waals surface area contributed by atoms with Gasteiger partial charge in [0.05, 0.1) is 11.6 Å². The van der Waals surface area contributed by atoms with E-state index in [4.69, 9.17) is 0 Å². The molecule has 144 valence electrons. The van der Waals surface area contributed by atoms with Gasteiger partial charge in [0, 0.05) is 27.3 Å². The van der Waals surface area contributed by atoms with Crippen LogP contribution in [0.25, 0.3) is 10.9 Å². The fraction of sp³-hybridized carbons (Fsp3) is 0.333. The van der Waals surface area contributed by atoms with Crippen molar-refractivity contribution >= 4 is 34.2 Å². The Bertz CT molecular complexity index is 935. The van der Waals surface area contributed by atoms with Crippen LogP contribution in [0.15, 0.2) is 53.4 Å². The van der Waals surface area contributed by atoms with Gasteiger partial charge in [-0.25, -0.2) is 4.39 Å². The van der Waals surface area contributed by atoms with Crippen molar-refractivity contribution in [1.82, 2.24) is 8.69 Å². The van der Waals surface area contributed by atoms with E-state index < -0.39 is 11.4 Å². The normalized spacial score (nSPS) is 14.5. The molecule has 0 fully saturated rings. The van der Waals surface area contributed by atoms with Crippen LogP contribution in [0.1, 0.15) is 45.0 Å². The molecule has 0 amide bonds. The number of aromatic nitrogens is 1. The number of hydrogen-bond acceptors (Lipinski definition) is 3. The van der Waals surface area contributed by atoms with Crippen LogP contribution in [0.5, 0.6) is 0 Å². The number of fused-ring (bicyclic) bond motifs is 1. The van der Waals surface area contributed by atoms with Crippen molar-refractivity contribution in [3.63, 3.8) is 0 Å². The summed E-state index contributed by atoms with van der Waals surface area (Å²) in [7, 11) is 0. The predicted octanol–water partition coefficient (Wildman–Crippen LogP) is 5.76. The quantitative estimate of drug-likeness (QED) is 0.550. The smallest absolute Gasteiger partial charge is 0.148 e. The topological polar surface area (TPSA) is 40.0 Å². The molecule has 0 radical (unpaired) electrons. The average molecular weight is 405 g/mol. The molecule has 3 rings (SSSR count). The van der Waals surface area contributed by atoms with Gasteiger partial charge < -0.3 is 4.55 Å². The van der Waals surface area contributed by atoms with Crippen molar-refractivity contribution in [1.29, 1.82) is 0 Å². The fourth-order valence-corrected chi connectivity index (χ4v) is 4.57.